The summed E-state index contributed by atoms with van der Waals surface area (Å²) in [5.41, 5.74) is 0.265. The van der Waals surface area contributed by atoms with Gasteiger partial charge in [0.2, 0.25) is 10.0 Å². The highest BCUT2D eigenvalue weighted by atomic mass is 32.2. The van der Waals surface area contributed by atoms with Gasteiger partial charge in [0.15, 0.2) is 0 Å². The summed E-state index contributed by atoms with van der Waals surface area (Å²) in [6.07, 6.45) is 4.16. The molecule has 116 valence electrons. The summed E-state index contributed by atoms with van der Waals surface area (Å²) >= 11 is 0. The number of rotatable bonds is 4. The van der Waals surface area contributed by atoms with Gasteiger partial charge in [-0.25, -0.2) is 13.4 Å². The number of aromatic nitrogens is 2. The number of carbonyl (C=O) groups is 1. The topological polar surface area (TPSA) is 95.5 Å². The van der Waals surface area contributed by atoms with Crippen LogP contribution in [0.3, 0.4) is 0 Å². The molecule has 0 saturated carbocycles. The first-order valence-corrected chi connectivity index (χ1v) is 8.57. The molecule has 0 radical (unpaired) electrons. The molecule has 0 unspecified atom stereocenters. The zero-order valence-corrected chi connectivity index (χ0v) is 12.9. The van der Waals surface area contributed by atoms with E-state index >= 15 is 0 Å². The van der Waals surface area contributed by atoms with Crippen LogP contribution in [0.1, 0.15) is 17.4 Å². The van der Waals surface area contributed by atoms with Crippen LogP contribution in [0, 0.1) is 0 Å². The fourth-order valence-electron chi connectivity index (χ4n) is 2.12. The number of hydrogen-bond acceptors (Lipinski definition) is 6. The highest BCUT2D eigenvalue weighted by Gasteiger charge is 2.27. The predicted molar refractivity (Wildman–Crippen MR) is 78.5 cm³/mol. The van der Waals surface area contributed by atoms with Crippen molar-refractivity contribution in [3.8, 4) is 0 Å². The Morgan fingerprint density at radius 1 is 1.29 bits per heavy atom. The van der Waals surface area contributed by atoms with Crippen molar-refractivity contribution in [3.63, 3.8) is 0 Å². The Bertz CT molecular complexity index is 611. The number of amides is 1. The number of nitrogens with zero attached hydrogens (tertiary/aromatic N) is 4. The monoisotopic (exact) mass is 313 g/mol. The van der Waals surface area contributed by atoms with E-state index in [0.29, 0.717) is 38.5 Å². The molecule has 1 fully saturated rings. The van der Waals surface area contributed by atoms with Gasteiger partial charge in [0.25, 0.3) is 5.91 Å². The second-order valence-corrected chi connectivity index (χ2v) is 6.76. The third-order valence-corrected chi connectivity index (χ3v) is 4.51. The smallest absolute Gasteiger partial charge is 0.274 e. The molecule has 1 aromatic heterocycles. The van der Waals surface area contributed by atoms with Crippen molar-refractivity contribution >= 4 is 21.7 Å². The van der Waals surface area contributed by atoms with Crippen LogP contribution in [0.2, 0.25) is 0 Å². The molecule has 0 bridgehead atoms. The van der Waals surface area contributed by atoms with E-state index in [1.807, 2.05) is 6.92 Å². The van der Waals surface area contributed by atoms with Gasteiger partial charge in [-0.2, -0.15) is 4.31 Å². The number of piperazine rings is 1. The number of anilines is 1. The van der Waals surface area contributed by atoms with Gasteiger partial charge in [-0.3, -0.25) is 9.78 Å². The third-order valence-electron chi connectivity index (χ3n) is 3.21. The molecule has 1 amide bonds. The highest BCUT2D eigenvalue weighted by molar-refractivity contribution is 7.88. The van der Waals surface area contributed by atoms with Gasteiger partial charge in [-0.1, -0.05) is 0 Å². The van der Waals surface area contributed by atoms with Gasteiger partial charge < -0.3 is 10.2 Å². The molecule has 1 aromatic rings. The van der Waals surface area contributed by atoms with E-state index in [0.717, 1.165) is 0 Å². The van der Waals surface area contributed by atoms with Gasteiger partial charge >= 0.3 is 0 Å². The van der Waals surface area contributed by atoms with E-state index in [1.165, 1.54) is 16.8 Å². The van der Waals surface area contributed by atoms with Crippen LogP contribution in [-0.4, -0.2) is 72.5 Å². The normalized spacial score (nSPS) is 16.8. The Labute approximate surface area is 124 Å². The Kier molecular flexibility index (Phi) is 4.73. The van der Waals surface area contributed by atoms with Crippen LogP contribution in [0.4, 0.5) is 5.82 Å². The summed E-state index contributed by atoms with van der Waals surface area (Å²) in [7, 11) is -3.20. The molecule has 1 aliphatic heterocycles. The van der Waals surface area contributed by atoms with Crippen LogP contribution in [0.5, 0.6) is 0 Å². The largest absolute Gasteiger partial charge is 0.369 e. The van der Waals surface area contributed by atoms with Gasteiger partial charge in [-0.15, -0.1) is 0 Å². The number of nitrogens with one attached hydrogen (secondary N) is 1. The Hall–Kier alpha value is -1.74. The van der Waals surface area contributed by atoms with Gasteiger partial charge in [0.1, 0.15) is 11.5 Å². The highest BCUT2D eigenvalue weighted by Crippen LogP contribution is 2.10. The first-order valence-electron chi connectivity index (χ1n) is 6.72. The minimum absolute atomic E-state index is 0.226. The summed E-state index contributed by atoms with van der Waals surface area (Å²) in [5, 5.41) is 3.00. The van der Waals surface area contributed by atoms with Gasteiger partial charge in [-0.05, 0) is 6.92 Å². The maximum Gasteiger partial charge on any atom is 0.274 e. The second-order valence-electron chi connectivity index (χ2n) is 4.77. The van der Waals surface area contributed by atoms with E-state index < -0.39 is 10.0 Å². The minimum atomic E-state index is -3.20. The summed E-state index contributed by atoms with van der Waals surface area (Å²) in [4.78, 5) is 22.1. The van der Waals surface area contributed by atoms with Crippen LogP contribution < -0.4 is 5.32 Å². The number of carbonyl (C=O) groups excluding carboxylic acids is 1. The van der Waals surface area contributed by atoms with Crippen molar-refractivity contribution in [3.05, 3.63) is 18.1 Å². The molecule has 2 heterocycles. The third kappa shape index (κ3) is 3.88. The van der Waals surface area contributed by atoms with Crippen molar-refractivity contribution in [2.24, 2.45) is 0 Å². The van der Waals surface area contributed by atoms with E-state index in [9.17, 15) is 13.2 Å². The van der Waals surface area contributed by atoms with Crippen molar-refractivity contribution in [1.29, 1.82) is 0 Å². The predicted octanol–water partition coefficient (Wildman–Crippen LogP) is -0.374. The summed E-state index contributed by atoms with van der Waals surface area (Å²) in [6, 6.07) is 0. The molecule has 21 heavy (non-hydrogen) atoms. The van der Waals surface area contributed by atoms with E-state index in [1.54, 1.807) is 11.1 Å². The minimum Gasteiger partial charge on any atom is -0.369 e. The first-order chi connectivity index (χ1) is 9.91. The fourth-order valence-corrected chi connectivity index (χ4v) is 2.95. The molecule has 0 spiro atoms. The number of sulfonamides is 1. The van der Waals surface area contributed by atoms with E-state index in [-0.39, 0.29) is 11.6 Å². The van der Waals surface area contributed by atoms with Crippen LogP contribution >= 0.6 is 0 Å². The van der Waals surface area contributed by atoms with E-state index in [2.05, 4.69) is 15.3 Å². The number of hydrogen-bond donors (Lipinski definition) is 1. The van der Waals surface area contributed by atoms with Crippen LogP contribution in [0.15, 0.2) is 12.4 Å². The lowest BCUT2D eigenvalue weighted by Crippen LogP contribution is -2.50. The quantitative estimate of drug-likeness (QED) is 0.814. The molecule has 1 aliphatic rings. The molecule has 1 N–H and O–H groups in total. The second kappa shape index (κ2) is 6.35. The first kappa shape index (κ1) is 15.6. The molecule has 2 rings (SSSR count). The average molecular weight is 313 g/mol. The fraction of sp³-hybridized carbons (Fsp3) is 0.583. The lowest BCUT2D eigenvalue weighted by atomic mass is 10.3. The van der Waals surface area contributed by atoms with E-state index in [4.69, 9.17) is 0 Å². The van der Waals surface area contributed by atoms with Crippen molar-refractivity contribution in [2.45, 2.75) is 6.92 Å². The molecule has 0 aromatic carbocycles. The van der Waals surface area contributed by atoms with Crippen LogP contribution in [-0.2, 0) is 10.0 Å². The summed E-state index contributed by atoms with van der Waals surface area (Å²) < 4.78 is 24.3. The zero-order valence-electron chi connectivity index (χ0n) is 12.1. The SMILES string of the molecule is CCNc1cncc(C(=O)N2CCN(S(C)(=O)=O)CC2)n1. The Balaban J connectivity index is 2.03. The van der Waals surface area contributed by atoms with Crippen LogP contribution in [0.25, 0.3) is 0 Å². The summed E-state index contributed by atoms with van der Waals surface area (Å²) in [5.74, 6) is 0.327. The zero-order chi connectivity index (χ0) is 15.5. The molecule has 8 nitrogen and oxygen atoms in total. The molecule has 9 heteroatoms. The molecular weight excluding hydrogens is 294 g/mol. The maximum atomic E-state index is 12.3. The lowest BCUT2D eigenvalue weighted by Gasteiger charge is -2.33. The van der Waals surface area contributed by atoms with Gasteiger partial charge in [0, 0.05) is 32.7 Å². The standard InChI is InChI=1S/C12H19N5O3S/c1-3-14-11-9-13-8-10(15-11)12(18)16-4-6-17(7-5-16)21(2,19)20/h8-9H,3-7H2,1-2H3,(H,14,15). The maximum absolute atomic E-state index is 12.3. The molecule has 1 saturated heterocycles. The molecule has 0 atom stereocenters. The Morgan fingerprint density at radius 2 is 1.95 bits per heavy atom. The summed E-state index contributed by atoms with van der Waals surface area (Å²) in [6.45, 7) is 3.97. The van der Waals surface area contributed by atoms with Crippen molar-refractivity contribution in [2.75, 3.05) is 44.3 Å². The van der Waals surface area contributed by atoms with Crippen molar-refractivity contribution < 1.29 is 13.2 Å². The average Bonchev–Trinajstić information content (AvgIpc) is 2.46. The van der Waals surface area contributed by atoms with Crippen molar-refractivity contribution in [1.82, 2.24) is 19.2 Å². The Morgan fingerprint density at radius 3 is 2.52 bits per heavy atom. The van der Waals surface area contributed by atoms with Gasteiger partial charge in [0.05, 0.1) is 18.6 Å². The molecular formula is C12H19N5O3S. The molecule has 0 aliphatic carbocycles. The lowest BCUT2D eigenvalue weighted by molar-refractivity contribution is 0.0692.